The third-order valence-corrected chi connectivity index (χ3v) is 3.26. The second-order valence-corrected chi connectivity index (χ2v) is 4.98. The van der Waals surface area contributed by atoms with Gasteiger partial charge in [-0.3, -0.25) is 9.78 Å². The van der Waals surface area contributed by atoms with Crippen LogP contribution in [0.25, 0.3) is 0 Å². The van der Waals surface area contributed by atoms with E-state index in [1.54, 1.807) is 6.20 Å². The lowest BCUT2D eigenvalue weighted by atomic mass is 10.1. The van der Waals surface area contributed by atoms with E-state index in [1.807, 2.05) is 17.0 Å². The maximum Gasteiger partial charge on any atom is 0.253 e. The highest BCUT2D eigenvalue weighted by Crippen LogP contribution is 2.16. The van der Waals surface area contributed by atoms with Crippen molar-refractivity contribution >= 4 is 5.91 Å². The monoisotopic (exact) mass is 232 g/mol. The number of carbonyl (C=O) groups excluding carboxylic acids is 1. The Morgan fingerprint density at radius 1 is 1.29 bits per heavy atom. The molecule has 3 heteroatoms. The van der Waals surface area contributed by atoms with Crippen molar-refractivity contribution in [3.63, 3.8) is 0 Å². The Labute approximate surface area is 103 Å². The quantitative estimate of drug-likeness (QED) is 0.785. The Kier molecular flexibility index (Phi) is 3.77. The summed E-state index contributed by atoms with van der Waals surface area (Å²) in [5.74, 6) is 0.526. The predicted molar refractivity (Wildman–Crippen MR) is 68.1 cm³/mol. The largest absolute Gasteiger partial charge is 0.339 e. The third kappa shape index (κ3) is 2.84. The number of hydrogen-bond acceptors (Lipinski definition) is 2. The number of pyridine rings is 1. The van der Waals surface area contributed by atoms with Crippen molar-refractivity contribution in [2.24, 2.45) is 0 Å². The summed E-state index contributed by atoms with van der Waals surface area (Å²) < 4.78 is 0. The van der Waals surface area contributed by atoms with Crippen molar-refractivity contribution < 1.29 is 4.79 Å². The zero-order valence-corrected chi connectivity index (χ0v) is 10.6. The van der Waals surface area contributed by atoms with E-state index in [0.29, 0.717) is 5.92 Å². The van der Waals surface area contributed by atoms with Crippen molar-refractivity contribution in [2.45, 2.75) is 39.0 Å². The molecule has 1 aromatic rings. The first kappa shape index (κ1) is 12.1. The van der Waals surface area contributed by atoms with Crippen molar-refractivity contribution in [1.82, 2.24) is 9.88 Å². The molecule has 1 aromatic heterocycles. The first-order valence-electron chi connectivity index (χ1n) is 6.43. The fraction of sp³-hybridized carbons (Fsp3) is 0.571. The Hall–Kier alpha value is -1.38. The van der Waals surface area contributed by atoms with E-state index in [9.17, 15) is 4.79 Å². The highest BCUT2D eigenvalue weighted by Gasteiger charge is 2.18. The number of carbonyl (C=O) groups is 1. The van der Waals surface area contributed by atoms with Crippen LogP contribution in [-0.4, -0.2) is 28.9 Å². The summed E-state index contributed by atoms with van der Waals surface area (Å²) >= 11 is 0. The van der Waals surface area contributed by atoms with E-state index in [2.05, 4.69) is 18.8 Å². The zero-order chi connectivity index (χ0) is 12.3. The molecule has 0 unspecified atom stereocenters. The Morgan fingerprint density at radius 2 is 2.00 bits per heavy atom. The Balaban J connectivity index is 2.15. The molecule has 1 aliphatic heterocycles. The minimum absolute atomic E-state index is 0.161. The molecular formula is C14H20N2O. The van der Waals surface area contributed by atoms with E-state index in [4.69, 9.17) is 0 Å². The topological polar surface area (TPSA) is 33.2 Å². The molecule has 0 radical (unpaired) electrons. The summed E-state index contributed by atoms with van der Waals surface area (Å²) in [5, 5.41) is 0. The van der Waals surface area contributed by atoms with Crippen LogP contribution in [0.3, 0.4) is 0 Å². The van der Waals surface area contributed by atoms with Gasteiger partial charge in [0.05, 0.1) is 0 Å². The minimum Gasteiger partial charge on any atom is -0.339 e. The van der Waals surface area contributed by atoms with Crippen LogP contribution < -0.4 is 0 Å². The van der Waals surface area contributed by atoms with Crippen molar-refractivity contribution in [1.29, 1.82) is 0 Å². The number of rotatable bonds is 2. The maximum absolute atomic E-state index is 12.3. The third-order valence-electron chi connectivity index (χ3n) is 3.26. The number of piperidine rings is 1. The number of amides is 1. The van der Waals surface area contributed by atoms with E-state index < -0.39 is 0 Å². The molecule has 0 aliphatic carbocycles. The highest BCUT2D eigenvalue weighted by molar-refractivity contribution is 5.94. The van der Waals surface area contributed by atoms with E-state index in [1.165, 1.54) is 6.42 Å². The summed E-state index contributed by atoms with van der Waals surface area (Å²) in [6.45, 7) is 5.99. The lowest BCUT2D eigenvalue weighted by molar-refractivity contribution is 0.0724. The van der Waals surface area contributed by atoms with Crippen LogP contribution in [-0.2, 0) is 0 Å². The first-order chi connectivity index (χ1) is 8.18. The van der Waals surface area contributed by atoms with Gasteiger partial charge in [-0.1, -0.05) is 13.8 Å². The van der Waals surface area contributed by atoms with Crippen LogP contribution in [0.15, 0.2) is 18.3 Å². The molecule has 2 rings (SSSR count). The van der Waals surface area contributed by atoms with Crippen molar-refractivity contribution in [3.05, 3.63) is 29.6 Å². The van der Waals surface area contributed by atoms with Gasteiger partial charge in [-0.25, -0.2) is 0 Å². The molecule has 0 aromatic carbocycles. The molecule has 17 heavy (non-hydrogen) atoms. The lowest BCUT2D eigenvalue weighted by Gasteiger charge is -2.26. The maximum atomic E-state index is 12.3. The molecule has 1 fully saturated rings. The molecular weight excluding hydrogens is 212 g/mol. The van der Waals surface area contributed by atoms with Crippen LogP contribution in [0.5, 0.6) is 0 Å². The summed E-state index contributed by atoms with van der Waals surface area (Å²) in [5.41, 5.74) is 1.78. The lowest BCUT2D eigenvalue weighted by Crippen LogP contribution is -2.35. The number of aromatic nitrogens is 1. The molecule has 1 aliphatic rings. The molecule has 0 saturated carbocycles. The normalized spacial score (nSPS) is 16.3. The van der Waals surface area contributed by atoms with Gasteiger partial charge in [-0.2, -0.15) is 0 Å². The number of nitrogens with zero attached hydrogens (tertiary/aromatic N) is 2. The molecule has 3 nitrogen and oxygen atoms in total. The first-order valence-corrected chi connectivity index (χ1v) is 6.43. The summed E-state index contributed by atoms with van der Waals surface area (Å²) in [7, 11) is 0. The van der Waals surface area contributed by atoms with Crippen LogP contribution in [0.1, 0.15) is 55.1 Å². The standard InChI is InChI=1S/C14H20N2O/c1-11(2)13-10-12(6-7-15-13)14(17)16-8-4-3-5-9-16/h6-7,10-11H,3-5,8-9H2,1-2H3. The second kappa shape index (κ2) is 5.30. The summed E-state index contributed by atoms with van der Waals surface area (Å²) in [6, 6.07) is 3.75. The average Bonchev–Trinajstić information content (AvgIpc) is 2.39. The highest BCUT2D eigenvalue weighted by atomic mass is 16.2. The van der Waals surface area contributed by atoms with Gasteiger partial charge in [0, 0.05) is 30.5 Å². The SMILES string of the molecule is CC(C)c1cc(C(=O)N2CCCCC2)ccn1. The van der Waals surface area contributed by atoms with Gasteiger partial charge < -0.3 is 4.90 Å². The molecule has 2 heterocycles. The van der Waals surface area contributed by atoms with Gasteiger partial charge in [0.1, 0.15) is 0 Å². The van der Waals surface area contributed by atoms with Crippen LogP contribution >= 0.6 is 0 Å². The van der Waals surface area contributed by atoms with Crippen LogP contribution in [0.4, 0.5) is 0 Å². The zero-order valence-electron chi connectivity index (χ0n) is 10.6. The molecule has 92 valence electrons. The molecule has 0 bridgehead atoms. The molecule has 0 atom stereocenters. The van der Waals surface area contributed by atoms with Gasteiger partial charge in [-0.15, -0.1) is 0 Å². The Morgan fingerprint density at radius 3 is 2.65 bits per heavy atom. The average molecular weight is 232 g/mol. The molecule has 1 saturated heterocycles. The summed E-state index contributed by atoms with van der Waals surface area (Å²) in [4.78, 5) is 18.5. The van der Waals surface area contributed by atoms with E-state index >= 15 is 0 Å². The van der Waals surface area contributed by atoms with Crippen LogP contribution in [0.2, 0.25) is 0 Å². The van der Waals surface area contributed by atoms with Gasteiger partial charge >= 0.3 is 0 Å². The number of likely N-dealkylation sites (tertiary alicyclic amines) is 1. The minimum atomic E-state index is 0.161. The molecule has 0 N–H and O–H groups in total. The van der Waals surface area contributed by atoms with E-state index in [0.717, 1.165) is 37.2 Å². The van der Waals surface area contributed by atoms with Gasteiger partial charge in [0.15, 0.2) is 0 Å². The van der Waals surface area contributed by atoms with Gasteiger partial charge in [0.2, 0.25) is 0 Å². The fourth-order valence-corrected chi connectivity index (χ4v) is 2.18. The molecule has 1 amide bonds. The fourth-order valence-electron chi connectivity index (χ4n) is 2.18. The van der Waals surface area contributed by atoms with Gasteiger partial charge in [0.25, 0.3) is 5.91 Å². The predicted octanol–water partition coefficient (Wildman–Crippen LogP) is 2.83. The van der Waals surface area contributed by atoms with Crippen molar-refractivity contribution in [2.75, 3.05) is 13.1 Å². The van der Waals surface area contributed by atoms with Crippen molar-refractivity contribution in [3.8, 4) is 0 Å². The van der Waals surface area contributed by atoms with Crippen LogP contribution in [0, 0.1) is 0 Å². The van der Waals surface area contributed by atoms with E-state index in [-0.39, 0.29) is 5.91 Å². The second-order valence-electron chi connectivity index (χ2n) is 4.98. The van der Waals surface area contributed by atoms with Gasteiger partial charge in [-0.05, 0) is 37.3 Å². The molecule has 0 spiro atoms. The smallest absolute Gasteiger partial charge is 0.253 e. The summed E-state index contributed by atoms with van der Waals surface area (Å²) in [6.07, 6.45) is 5.26. The Bertz CT molecular complexity index is 395. The number of hydrogen-bond donors (Lipinski definition) is 0.